The summed E-state index contributed by atoms with van der Waals surface area (Å²) in [7, 11) is 1.59. The third kappa shape index (κ3) is 4.44. The Bertz CT molecular complexity index is 709. The van der Waals surface area contributed by atoms with Gasteiger partial charge in [-0.05, 0) is 60.4 Å². The van der Waals surface area contributed by atoms with E-state index >= 15 is 0 Å². The zero-order valence-electron chi connectivity index (χ0n) is 13.5. The molecule has 0 aliphatic heterocycles. The molecule has 0 saturated carbocycles. The highest BCUT2D eigenvalue weighted by atomic mass is 16.7. The summed E-state index contributed by atoms with van der Waals surface area (Å²) in [4.78, 5) is 11.0. The lowest BCUT2D eigenvalue weighted by molar-refractivity contribution is 0.0501. The largest absolute Gasteiger partial charge is 0.478 e. The Morgan fingerprint density at radius 2 is 1.74 bits per heavy atom. The predicted octanol–water partition coefficient (Wildman–Crippen LogP) is 4.15. The van der Waals surface area contributed by atoms with E-state index in [1.165, 1.54) is 0 Å². The molecule has 0 heterocycles. The molecule has 0 fully saturated rings. The maximum absolute atomic E-state index is 11.0. The molecule has 0 atom stereocenters. The van der Waals surface area contributed by atoms with Crippen molar-refractivity contribution in [2.45, 2.75) is 13.8 Å². The van der Waals surface area contributed by atoms with Crippen molar-refractivity contribution in [3.8, 4) is 5.75 Å². The molecule has 0 aliphatic rings. The average molecular weight is 312 g/mol. The summed E-state index contributed by atoms with van der Waals surface area (Å²) in [5, 5.41) is 9.02. The van der Waals surface area contributed by atoms with Gasteiger partial charge in [0, 0.05) is 7.11 Å². The second-order valence-electron chi connectivity index (χ2n) is 5.30. The standard InChI is InChI=1S/C19H20O4/c1-13-9-16(10-14(2)18(13)23-12-22-3)8-7-15-5-4-6-17(11-15)19(20)21/h4-11H,12H2,1-3H3,(H,20,21). The summed E-state index contributed by atoms with van der Waals surface area (Å²) in [6, 6.07) is 10.9. The van der Waals surface area contributed by atoms with E-state index in [0.717, 1.165) is 28.0 Å². The van der Waals surface area contributed by atoms with Crippen molar-refractivity contribution < 1.29 is 19.4 Å². The number of rotatable bonds is 6. The monoisotopic (exact) mass is 312 g/mol. The van der Waals surface area contributed by atoms with Gasteiger partial charge >= 0.3 is 5.97 Å². The molecule has 120 valence electrons. The van der Waals surface area contributed by atoms with Gasteiger partial charge in [-0.25, -0.2) is 4.79 Å². The second kappa shape index (κ2) is 7.61. The minimum atomic E-state index is -0.924. The summed E-state index contributed by atoms with van der Waals surface area (Å²) in [5.41, 5.74) is 4.22. The Kier molecular flexibility index (Phi) is 5.55. The Labute approximate surface area is 136 Å². The molecule has 1 N–H and O–H groups in total. The van der Waals surface area contributed by atoms with Crippen LogP contribution in [0.1, 0.15) is 32.6 Å². The minimum Gasteiger partial charge on any atom is -0.478 e. The molecule has 0 aromatic heterocycles. The quantitative estimate of drug-likeness (QED) is 0.643. The van der Waals surface area contributed by atoms with Crippen LogP contribution >= 0.6 is 0 Å². The van der Waals surface area contributed by atoms with Crippen LogP contribution < -0.4 is 4.74 Å². The number of carboxylic acid groups (broad SMARTS) is 1. The van der Waals surface area contributed by atoms with Crippen molar-refractivity contribution in [2.75, 3.05) is 13.9 Å². The molecular weight excluding hydrogens is 292 g/mol. The molecule has 2 aromatic rings. The predicted molar refractivity (Wildman–Crippen MR) is 90.7 cm³/mol. The van der Waals surface area contributed by atoms with Crippen molar-refractivity contribution in [1.82, 2.24) is 0 Å². The van der Waals surface area contributed by atoms with Crippen LogP contribution in [0.4, 0.5) is 0 Å². The van der Waals surface area contributed by atoms with Crippen LogP contribution in [0.2, 0.25) is 0 Å². The number of benzene rings is 2. The van der Waals surface area contributed by atoms with Crippen molar-refractivity contribution in [3.63, 3.8) is 0 Å². The maximum Gasteiger partial charge on any atom is 0.335 e. The highest BCUT2D eigenvalue weighted by molar-refractivity contribution is 5.88. The van der Waals surface area contributed by atoms with Crippen LogP contribution in [0.15, 0.2) is 36.4 Å². The second-order valence-corrected chi connectivity index (χ2v) is 5.30. The number of carbonyl (C=O) groups is 1. The highest BCUT2D eigenvalue weighted by Crippen LogP contribution is 2.25. The molecule has 0 radical (unpaired) electrons. The number of aromatic carboxylic acids is 1. The number of hydrogen-bond acceptors (Lipinski definition) is 3. The maximum atomic E-state index is 11.0. The molecule has 0 aliphatic carbocycles. The van der Waals surface area contributed by atoms with E-state index in [4.69, 9.17) is 14.6 Å². The summed E-state index contributed by atoms with van der Waals surface area (Å²) in [6.45, 7) is 4.19. The van der Waals surface area contributed by atoms with Crippen LogP contribution in [-0.2, 0) is 4.74 Å². The van der Waals surface area contributed by atoms with Crippen molar-refractivity contribution in [1.29, 1.82) is 0 Å². The first kappa shape index (κ1) is 16.8. The van der Waals surface area contributed by atoms with Crippen LogP contribution in [0.25, 0.3) is 12.2 Å². The van der Waals surface area contributed by atoms with Gasteiger partial charge in [0.15, 0.2) is 6.79 Å². The highest BCUT2D eigenvalue weighted by Gasteiger charge is 2.05. The zero-order valence-corrected chi connectivity index (χ0v) is 13.5. The fourth-order valence-corrected chi connectivity index (χ4v) is 2.39. The van der Waals surface area contributed by atoms with Crippen molar-refractivity contribution in [2.24, 2.45) is 0 Å². The smallest absolute Gasteiger partial charge is 0.335 e. The normalized spacial score (nSPS) is 10.9. The summed E-state index contributed by atoms with van der Waals surface area (Å²) in [6.07, 6.45) is 3.86. The molecule has 0 bridgehead atoms. The van der Waals surface area contributed by atoms with Gasteiger partial charge in [0.1, 0.15) is 5.75 Å². The summed E-state index contributed by atoms with van der Waals surface area (Å²) in [5.74, 6) is -0.0940. The van der Waals surface area contributed by atoms with E-state index in [0.29, 0.717) is 0 Å². The lowest BCUT2D eigenvalue weighted by atomic mass is 10.0. The van der Waals surface area contributed by atoms with E-state index < -0.39 is 5.97 Å². The van der Waals surface area contributed by atoms with Crippen LogP contribution in [0, 0.1) is 13.8 Å². The number of methoxy groups -OCH3 is 1. The van der Waals surface area contributed by atoms with E-state index in [2.05, 4.69) is 0 Å². The molecule has 4 nitrogen and oxygen atoms in total. The Balaban J connectivity index is 2.23. The first-order chi connectivity index (χ1) is 11.0. The number of hydrogen-bond donors (Lipinski definition) is 1. The Hall–Kier alpha value is -2.59. The van der Waals surface area contributed by atoms with Crippen LogP contribution in [0.5, 0.6) is 5.75 Å². The van der Waals surface area contributed by atoms with E-state index in [1.54, 1.807) is 25.3 Å². The minimum absolute atomic E-state index is 0.221. The molecule has 0 unspecified atom stereocenters. The van der Waals surface area contributed by atoms with Gasteiger partial charge in [-0.15, -0.1) is 0 Å². The number of carboxylic acids is 1. The van der Waals surface area contributed by atoms with E-state index in [-0.39, 0.29) is 12.4 Å². The van der Waals surface area contributed by atoms with E-state index in [9.17, 15) is 4.79 Å². The lowest BCUT2D eigenvalue weighted by Crippen LogP contribution is -2.02. The number of aryl methyl sites for hydroxylation is 2. The molecule has 0 spiro atoms. The first-order valence-corrected chi connectivity index (χ1v) is 7.25. The fourth-order valence-electron chi connectivity index (χ4n) is 2.39. The van der Waals surface area contributed by atoms with E-state index in [1.807, 2.05) is 44.2 Å². The van der Waals surface area contributed by atoms with Gasteiger partial charge in [-0.1, -0.05) is 24.3 Å². The molecule has 2 aromatic carbocycles. The van der Waals surface area contributed by atoms with Gasteiger partial charge in [0.05, 0.1) is 5.56 Å². The van der Waals surface area contributed by atoms with Crippen molar-refractivity contribution in [3.05, 3.63) is 64.2 Å². The van der Waals surface area contributed by atoms with Gasteiger partial charge in [0.25, 0.3) is 0 Å². The molecule has 2 rings (SSSR count). The molecule has 4 heteroatoms. The van der Waals surface area contributed by atoms with Gasteiger partial charge in [0.2, 0.25) is 0 Å². The molecular formula is C19H20O4. The lowest BCUT2D eigenvalue weighted by Gasteiger charge is -2.12. The van der Waals surface area contributed by atoms with Crippen molar-refractivity contribution >= 4 is 18.1 Å². The topological polar surface area (TPSA) is 55.8 Å². The third-order valence-corrected chi connectivity index (χ3v) is 3.41. The fraction of sp³-hybridized carbons (Fsp3) is 0.211. The Morgan fingerprint density at radius 1 is 1.09 bits per heavy atom. The SMILES string of the molecule is COCOc1c(C)cc(C=Cc2cccc(C(=O)O)c2)cc1C. The molecule has 23 heavy (non-hydrogen) atoms. The van der Waals surface area contributed by atoms with Gasteiger partial charge < -0.3 is 14.6 Å². The molecule has 0 amide bonds. The Morgan fingerprint density at radius 3 is 2.35 bits per heavy atom. The molecule has 0 saturated heterocycles. The van der Waals surface area contributed by atoms with Gasteiger partial charge in [-0.3, -0.25) is 0 Å². The average Bonchev–Trinajstić information content (AvgIpc) is 2.52. The number of ether oxygens (including phenoxy) is 2. The first-order valence-electron chi connectivity index (χ1n) is 7.25. The summed E-state index contributed by atoms with van der Waals surface area (Å²) < 4.78 is 10.5. The third-order valence-electron chi connectivity index (χ3n) is 3.41. The van der Waals surface area contributed by atoms with Crippen LogP contribution in [-0.4, -0.2) is 25.0 Å². The van der Waals surface area contributed by atoms with Crippen LogP contribution in [0.3, 0.4) is 0 Å². The zero-order chi connectivity index (χ0) is 16.8. The summed E-state index contributed by atoms with van der Waals surface area (Å²) >= 11 is 0. The van der Waals surface area contributed by atoms with Gasteiger partial charge in [-0.2, -0.15) is 0 Å².